The van der Waals surface area contributed by atoms with Crippen molar-refractivity contribution < 1.29 is 9.47 Å². The molecule has 0 aromatic heterocycles. The van der Waals surface area contributed by atoms with Crippen LogP contribution < -0.4 is 15.4 Å². The van der Waals surface area contributed by atoms with Gasteiger partial charge in [0.05, 0.1) is 13.2 Å². The van der Waals surface area contributed by atoms with Crippen molar-refractivity contribution in [1.82, 2.24) is 10.6 Å². The molecule has 0 amide bonds. The smallest absolute Gasteiger partial charge is 0.191 e. The van der Waals surface area contributed by atoms with Crippen LogP contribution in [0.25, 0.3) is 0 Å². The second-order valence-electron chi connectivity index (χ2n) is 5.98. The molecule has 1 aromatic rings. The summed E-state index contributed by atoms with van der Waals surface area (Å²) in [5, 5.41) is 6.62. The number of hydrogen-bond acceptors (Lipinski definition) is 3. The van der Waals surface area contributed by atoms with E-state index in [-0.39, 0.29) is 24.0 Å². The molecular weight excluding hydrogens is 429 g/mol. The van der Waals surface area contributed by atoms with Crippen molar-refractivity contribution in [2.24, 2.45) is 10.9 Å². The Hall–Kier alpha value is -1.02. The Morgan fingerprint density at radius 2 is 1.92 bits per heavy atom. The zero-order chi connectivity index (χ0) is 17.6. The highest BCUT2D eigenvalue weighted by Gasteiger charge is 2.03. The third-order valence-electron chi connectivity index (χ3n) is 3.23. The summed E-state index contributed by atoms with van der Waals surface area (Å²) in [4.78, 5) is 4.65. The summed E-state index contributed by atoms with van der Waals surface area (Å²) in [7, 11) is 0. The molecule has 0 radical (unpaired) electrons. The third-order valence-corrected chi connectivity index (χ3v) is 3.23. The van der Waals surface area contributed by atoms with Crippen LogP contribution in [0.5, 0.6) is 5.75 Å². The van der Waals surface area contributed by atoms with Crippen molar-refractivity contribution in [3.63, 3.8) is 0 Å². The summed E-state index contributed by atoms with van der Waals surface area (Å²) in [5.41, 5.74) is 1.09. The van der Waals surface area contributed by atoms with Gasteiger partial charge >= 0.3 is 0 Å². The van der Waals surface area contributed by atoms with Crippen LogP contribution in [0.1, 0.15) is 39.7 Å². The Morgan fingerprint density at radius 1 is 1.16 bits per heavy atom. The summed E-state index contributed by atoms with van der Waals surface area (Å²) in [6.45, 7) is 12.9. The lowest BCUT2D eigenvalue weighted by Gasteiger charge is -2.13. The van der Waals surface area contributed by atoms with E-state index in [1.54, 1.807) is 0 Å². The monoisotopic (exact) mass is 463 g/mol. The van der Waals surface area contributed by atoms with Crippen LogP contribution in [-0.2, 0) is 11.3 Å². The van der Waals surface area contributed by atoms with E-state index in [4.69, 9.17) is 9.47 Å². The van der Waals surface area contributed by atoms with E-state index in [2.05, 4.69) is 42.5 Å². The van der Waals surface area contributed by atoms with E-state index in [9.17, 15) is 0 Å². The van der Waals surface area contributed by atoms with Crippen molar-refractivity contribution in [3.05, 3.63) is 29.8 Å². The number of nitrogens with zero attached hydrogens (tertiary/aromatic N) is 1. The minimum absolute atomic E-state index is 0. The Bertz CT molecular complexity index is 481. The maximum Gasteiger partial charge on any atom is 0.191 e. The lowest BCUT2D eigenvalue weighted by atomic mass is 10.2. The van der Waals surface area contributed by atoms with Crippen molar-refractivity contribution in [3.8, 4) is 5.75 Å². The van der Waals surface area contributed by atoms with E-state index < -0.39 is 0 Å². The maximum absolute atomic E-state index is 5.65. The maximum atomic E-state index is 5.65. The molecule has 0 spiro atoms. The molecular formula is C19H34IN3O2. The fourth-order valence-corrected chi connectivity index (χ4v) is 2.14. The average molecular weight is 463 g/mol. The number of ether oxygens (including phenoxy) is 2. The molecule has 0 saturated heterocycles. The van der Waals surface area contributed by atoms with Gasteiger partial charge in [-0.25, -0.2) is 4.99 Å². The van der Waals surface area contributed by atoms with Crippen molar-refractivity contribution >= 4 is 29.9 Å². The molecule has 0 aliphatic carbocycles. The van der Waals surface area contributed by atoms with Crippen LogP contribution in [0.2, 0.25) is 0 Å². The zero-order valence-electron chi connectivity index (χ0n) is 16.0. The number of halogens is 1. The van der Waals surface area contributed by atoms with Crippen molar-refractivity contribution in [2.75, 3.05) is 32.9 Å². The van der Waals surface area contributed by atoms with Crippen LogP contribution in [0.3, 0.4) is 0 Å². The van der Waals surface area contributed by atoms with Gasteiger partial charge in [0.2, 0.25) is 0 Å². The van der Waals surface area contributed by atoms with E-state index >= 15 is 0 Å². The molecule has 144 valence electrons. The van der Waals surface area contributed by atoms with Crippen LogP contribution >= 0.6 is 24.0 Å². The lowest BCUT2D eigenvalue weighted by Crippen LogP contribution is -2.38. The molecule has 0 aliphatic rings. The summed E-state index contributed by atoms with van der Waals surface area (Å²) in [6, 6.07) is 8.04. The highest BCUT2D eigenvalue weighted by atomic mass is 127. The van der Waals surface area contributed by atoms with E-state index in [1.165, 1.54) is 0 Å². The van der Waals surface area contributed by atoms with Gasteiger partial charge in [-0.1, -0.05) is 32.0 Å². The first kappa shape index (κ1) is 24.0. The minimum atomic E-state index is 0. The highest BCUT2D eigenvalue weighted by molar-refractivity contribution is 14.0. The molecule has 0 unspecified atom stereocenters. The molecule has 0 heterocycles. The highest BCUT2D eigenvalue weighted by Crippen LogP contribution is 2.18. The van der Waals surface area contributed by atoms with Gasteiger partial charge < -0.3 is 20.1 Å². The predicted octanol–water partition coefficient (Wildman–Crippen LogP) is 3.82. The van der Waals surface area contributed by atoms with Gasteiger partial charge in [-0.3, -0.25) is 0 Å². The van der Waals surface area contributed by atoms with E-state index in [0.29, 0.717) is 19.1 Å². The second kappa shape index (κ2) is 15.3. The Balaban J connectivity index is 0.00000576. The number of aliphatic imine (C=N–C) groups is 1. The van der Waals surface area contributed by atoms with Gasteiger partial charge in [0.25, 0.3) is 0 Å². The molecule has 0 saturated carbocycles. The van der Waals surface area contributed by atoms with Gasteiger partial charge in [0.15, 0.2) is 5.96 Å². The fraction of sp³-hybridized carbons (Fsp3) is 0.632. The first-order valence-corrected chi connectivity index (χ1v) is 8.98. The van der Waals surface area contributed by atoms with Crippen molar-refractivity contribution in [1.29, 1.82) is 0 Å². The number of rotatable bonds is 11. The molecule has 1 aromatic carbocycles. The second-order valence-corrected chi connectivity index (χ2v) is 5.98. The minimum Gasteiger partial charge on any atom is -0.494 e. The standard InChI is InChI=1S/C19H33N3O2.HI/c1-5-20-19(21-12-9-13-23-15-16(3)4)22-14-17-10-7-8-11-18(17)24-6-2;/h7-8,10-11,16H,5-6,9,12-15H2,1-4H3,(H2,20,21,22);1H. The zero-order valence-corrected chi connectivity index (χ0v) is 18.3. The number of hydrogen-bond donors (Lipinski definition) is 2. The summed E-state index contributed by atoms with van der Waals surface area (Å²) in [5.74, 6) is 2.32. The molecule has 0 bridgehead atoms. The van der Waals surface area contributed by atoms with Crippen LogP contribution in [0, 0.1) is 5.92 Å². The summed E-state index contributed by atoms with van der Waals surface area (Å²) in [6.07, 6.45) is 0.965. The number of guanidine groups is 1. The van der Waals surface area contributed by atoms with Gasteiger partial charge in [-0.15, -0.1) is 24.0 Å². The van der Waals surface area contributed by atoms with Crippen molar-refractivity contribution in [2.45, 2.75) is 40.7 Å². The number of para-hydroxylation sites is 1. The average Bonchev–Trinajstić information content (AvgIpc) is 2.56. The quantitative estimate of drug-likeness (QED) is 0.227. The number of nitrogens with one attached hydrogen (secondary N) is 2. The Kier molecular flexibility index (Phi) is 14.6. The van der Waals surface area contributed by atoms with Crippen LogP contribution in [0.4, 0.5) is 0 Å². The molecule has 0 atom stereocenters. The molecule has 25 heavy (non-hydrogen) atoms. The van der Waals surface area contributed by atoms with Crippen LogP contribution in [0.15, 0.2) is 29.3 Å². The summed E-state index contributed by atoms with van der Waals surface area (Å²) < 4.78 is 11.2. The number of benzene rings is 1. The SMILES string of the molecule is CCNC(=NCc1ccccc1OCC)NCCCOCC(C)C.I. The Labute approximate surface area is 170 Å². The normalized spacial score (nSPS) is 11.2. The molecule has 1 rings (SSSR count). The van der Waals surface area contributed by atoms with Gasteiger partial charge in [-0.2, -0.15) is 0 Å². The fourth-order valence-electron chi connectivity index (χ4n) is 2.14. The van der Waals surface area contributed by atoms with Gasteiger partial charge in [0.1, 0.15) is 5.75 Å². The lowest BCUT2D eigenvalue weighted by molar-refractivity contribution is 0.108. The first-order chi connectivity index (χ1) is 11.7. The largest absolute Gasteiger partial charge is 0.494 e. The first-order valence-electron chi connectivity index (χ1n) is 8.98. The van der Waals surface area contributed by atoms with Gasteiger partial charge in [-0.05, 0) is 32.3 Å². The summed E-state index contributed by atoms with van der Waals surface area (Å²) >= 11 is 0. The predicted molar refractivity (Wildman–Crippen MR) is 116 cm³/mol. The third kappa shape index (κ3) is 11.3. The van der Waals surface area contributed by atoms with E-state index in [1.807, 2.05) is 25.1 Å². The van der Waals surface area contributed by atoms with E-state index in [0.717, 1.165) is 50.0 Å². The molecule has 6 heteroatoms. The molecule has 5 nitrogen and oxygen atoms in total. The molecule has 0 fully saturated rings. The Morgan fingerprint density at radius 3 is 2.60 bits per heavy atom. The van der Waals surface area contributed by atoms with Crippen LogP contribution in [-0.4, -0.2) is 38.9 Å². The van der Waals surface area contributed by atoms with Gasteiger partial charge in [0, 0.05) is 31.9 Å². The molecule has 2 N–H and O–H groups in total. The topological polar surface area (TPSA) is 54.9 Å². The molecule has 0 aliphatic heterocycles.